The molecule has 0 fully saturated rings. The normalized spacial score (nSPS) is 11.8. The molecular weight excluding hydrogens is 379 g/mol. The van der Waals surface area contributed by atoms with Gasteiger partial charge in [-0.05, 0) is 52.9 Å². The smallest absolute Gasteiger partial charge is 0.243 e. The number of thioether (sulfide) groups is 1. The maximum atomic E-state index is 13.9. The van der Waals surface area contributed by atoms with Crippen molar-refractivity contribution in [1.82, 2.24) is 4.72 Å². The summed E-state index contributed by atoms with van der Waals surface area (Å²) in [6.07, 6.45) is 5.95. The molecule has 0 spiro atoms. The van der Waals surface area contributed by atoms with E-state index in [2.05, 4.69) is 26.9 Å². The Morgan fingerprint density at radius 3 is 2.62 bits per heavy atom. The quantitative estimate of drug-likeness (QED) is 0.493. The summed E-state index contributed by atoms with van der Waals surface area (Å²) < 4.78 is 40.4. The van der Waals surface area contributed by atoms with Gasteiger partial charge in [-0.2, -0.15) is 11.8 Å². The summed E-state index contributed by atoms with van der Waals surface area (Å²) in [7, 11) is -3.87. The number of halogens is 2. The Hall–Kier alpha value is -0.310. The lowest BCUT2D eigenvalue weighted by Gasteiger charge is -2.09. The van der Waals surface area contributed by atoms with Crippen LogP contribution >= 0.6 is 27.7 Å². The van der Waals surface area contributed by atoms with Gasteiger partial charge in [-0.1, -0.05) is 12.8 Å². The number of nitrogen functional groups attached to an aromatic ring is 1. The zero-order chi connectivity index (χ0) is 15.9. The predicted octanol–water partition coefficient (Wildman–Crippen LogP) is 3.37. The van der Waals surface area contributed by atoms with Crippen LogP contribution < -0.4 is 10.5 Å². The van der Waals surface area contributed by atoms with Gasteiger partial charge in [0.1, 0.15) is 4.90 Å². The Bertz CT molecular complexity index is 568. The van der Waals surface area contributed by atoms with Crippen LogP contribution in [-0.2, 0) is 10.0 Å². The van der Waals surface area contributed by atoms with Gasteiger partial charge in [-0.15, -0.1) is 0 Å². The predicted molar refractivity (Wildman–Crippen MR) is 90.6 cm³/mol. The molecule has 120 valence electrons. The Kier molecular flexibility index (Phi) is 8.00. The molecule has 0 aliphatic rings. The highest BCUT2D eigenvalue weighted by Gasteiger charge is 2.21. The van der Waals surface area contributed by atoms with Crippen molar-refractivity contribution < 1.29 is 12.8 Å². The third-order valence-electron chi connectivity index (χ3n) is 2.87. The van der Waals surface area contributed by atoms with Crippen molar-refractivity contribution >= 4 is 43.4 Å². The van der Waals surface area contributed by atoms with Crippen molar-refractivity contribution in [1.29, 1.82) is 0 Å². The molecule has 0 amide bonds. The van der Waals surface area contributed by atoms with Crippen LogP contribution in [0.2, 0.25) is 0 Å². The van der Waals surface area contributed by atoms with Crippen molar-refractivity contribution in [3.63, 3.8) is 0 Å². The van der Waals surface area contributed by atoms with Crippen LogP contribution in [0.5, 0.6) is 0 Å². The SMILES string of the molecule is CSCCCCCCNS(=O)(=O)c1cc(N)cc(Br)c1F. The number of hydrogen-bond acceptors (Lipinski definition) is 4. The number of rotatable bonds is 9. The largest absolute Gasteiger partial charge is 0.399 e. The highest BCUT2D eigenvalue weighted by atomic mass is 79.9. The summed E-state index contributed by atoms with van der Waals surface area (Å²) in [6.45, 7) is 0.299. The van der Waals surface area contributed by atoms with Crippen LogP contribution in [0, 0.1) is 5.82 Å². The maximum absolute atomic E-state index is 13.9. The van der Waals surface area contributed by atoms with Gasteiger partial charge in [0.2, 0.25) is 10.0 Å². The molecule has 21 heavy (non-hydrogen) atoms. The van der Waals surface area contributed by atoms with E-state index >= 15 is 0 Å². The van der Waals surface area contributed by atoms with E-state index in [9.17, 15) is 12.8 Å². The van der Waals surface area contributed by atoms with Gasteiger partial charge in [-0.3, -0.25) is 0 Å². The second-order valence-corrected chi connectivity index (χ2v) is 8.19. The lowest BCUT2D eigenvalue weighted by Crippen LogP contribution is -2.26. The molecule has 0 saturated carbocycles. The Labute approximate surface area is 138 Å². The second kappa shape index (κ2) is 8.97. The van der Waals surface area contributed by atoms with Gasteiger partial charge in [0, 0.05) is 12.2 Å². The van der Waals surface area contributed by atoms with Gasteiger partial charge in [-0.25, -0.2) is 17.5 Å². The second-order valence-electron chi connectivity index (χ2n) is 4.62. The number of sulfonamides is 1. The minimum absolute atomic E-state index is 0.0416. The third kappa shape index (κ3) is 6.14. The Morgan fingerprint density at radius 2 is 1.95 bits per heavy atom. The fourth-order valence-corrected chi connectivity index (χ4v) is 4.10. The molecule has 0 radical (unpaired) electrons. The number of benzene rings is 1. The van der Waals surface area contributed by atoms with E-state index < -0.39 is 20.7 Å². The van der Waals surface area contributed by atoms with Crippen LogP contribution in [0.25, 0.3) is 0 Å². The number of nitrogens with one attached hydrogen (secondary N) is 1. The van der Waals surface area contributed by atoms with Gasteiger partial charge in [0.05, 0.1) is 4.47 Å². The van der Waals surface area contributed by atoms with Gasteiger partial charge < -0.3 is 5.73 Å². The maximum Gasteiger partial charge on any atom is 0.243 e. The molecule has 0 aromatic heterocycles. The molecule has 0 atom stereocenters. The van der Waals surface area contributed by atoms with Crippen LogP contribution in [0.15, 0.2) is 21.5 Å². The minimum Gasteiger partial charge on any atom is -0.399 e. The highest BCUT2D eigenvalue weighted by Crippen LogP contribution is 2.25. The zero-order valence-electron chi connectivity index (χ0n) is 11.9. The molecule has 0 saturated heterocycles. The van der Waals surface area contributed by atoms with Gasteiger partial charge in [0.25, 0.3) is 0 Å². The van der Waals surface area contributed by atoms with Crippen molar-refractivity contribution in [3.8, 4) is 0 Å². The average Bonchev–Trinajstić information content (AvgIpc) is 2.41. The molecule has 3 N–H and O–H groups in total. The first kappa shape index (κ1) is 18.7. The summed E-state index contributed by atoms with van der Waals surface area (Å²) in [5.41, 5.74) is 5.75. The summed E-state index contributed by atoms with van der Waals surface area (Å²) in [5.74, 6) is 0.297. The first-order valence-corrected chi connectivity index (χ1v) is 10.3. The lowest BCUT2D eigenvalue weighted by molar-refractivity contribution is 0.550. The van der Waals surface area contributed by atoms with Gasteiger partial charge >= 0.3 is 0 Å². The summed E-state index contributed by atoms with van der Waals surface area (Å²) in [4.78, 5) is -0.420. The monoisotopic (exact) mass is 398 g/mol. The molecule has 4 nitrogen and oxygen atoms in total. The van der Waals surface area contributed by atoms with E-state index in [0.29, 0.717) is 6.54 Å². The Balaban J connectivity index is 2.55. The fourth-order valence-electron chi connectivity index (χ4n) is 1.79. The van der Waals surface area contributed by atoms with Crippen molar-refractivity contribution in [2.45, 2.75) is 30.6 Å². The van der Waals surface area contributed by atoms with E-state index in [0.717, 1.165) is 37.5 Å². The van der Waals surface area contributed by atoms with E-state index in [4.69, 9.17) is 5.73 Å². The van der Waals surface area contributed by atoms with E-state index in [1.165, 1.54) is 6.07 Å². The molecule has 8 heteroatoms. The molecular formula is C13H20BrFN2O2S2. The molecule has 1 rings (SSSR count). The molecule has 0 bridgehead atoms. The molecule has 0 aliphatic carbocycles. The zero-order valence-corrected chi connectivity index (χ0v) is 15.1. The third-order valence-corrected chi connectivity index (χ3v) is 5.61. The van der Waals surface area contributed by atoms with E-state index in [1.54, 1.807) is 11.8 Å². The minimum atomic E-state index is -3.87. The topological polar surface area (TPSA) is 72.2 Å². The van der Waals surface area contributed by atoms with Crippen molar-refractivity contribution in [2.24, 2.45) is 0 Å². The van der Waals surface area contributed by atoms with Crippen LogP contribution in [-0.4, -0.2) is 27.0 Å². The first-order valence-electron chi connectivity index (χ1n) is 6.61. The molecule has 1 aromatic carbocycles. The van der Waals surface area contributed by atoms with Crippen molar-refractivity contribution in [2.75, 3.05) is 24.3 Å². The van der Waals surface area contributed by atoms with E-state index in [-0.39, 0.29) is 10.2 Å². The van der Waals surface area contributed by atoms with Crippen LogP contribution in [0.3, 0.4) is 0 Å². The lowest BCUT2D eigenvalue weighted by atomic mass is 10.2. The average molecular weight is 399 g/mol. The Morgan fingerprint density at radius 1 is 1.29 bits per heavy atom. The highest BCUT2D eigenvalue weighted by molar-refractivity contribution is 9.10. The number of hydrogen-bond donors (Lipinski definition) is 2. The summed E-state index contributed by atoms with van der Waals surface area (Å²) in [5, 5.41) is 0. The summed E-state index contributed by atoms with van der Waals surface area (Å²) >= 11 is 4.76. The van der Waals surface area contributed by atoms with E-state index in [1.807, 2.05) is 0 Å². The number of anilines is 1. The summed E-state index contributed by atoms with van der Waals surface area (Å²) in [6, 6.07) is 2.46. The number of unbranched alkanes of at least 4 members (excludes halogenated alkanes) is 3. The van der Waals surface area contributed by atoms with Crippen LogP contribution in [0.1, 0.15) is 25.7 Å². The molecule has 0 heterocycles. The first-order chi connectivity index (χ1) is 9.88. The number of nitrogens with two attached hydrogens (primary N) is 1. The fraction of sp³-hybridized carbons (Fsp3) is 0.538. The van der Waals surface area contributed by atoms with Crippen molar-refractivity contribution in [3.05, 3.63) is 22.4 Å². The molecule has 0 aliphatic heterocycles. The molecule has 1 aromatic rings. The standard InChI is InChI=1S/C13H20BrFN2O2S2/c1-20-7-5-3-2-4-6-17-21(18,19)12-9-10(16)8-11(14)13(12)15/h8-9,17H,2-7,16H2,1H3. The molecule has 0 unspecified atom stereocenters. The van der Waals surface area contributed by atoms with Crippen LogP contribution in [0.4, 0.5) is 10.1 Å². The van der Waals surface area contributed by atoms with Gasteiger partial charge in [0.15, 0.2) is 5.82 Å².